The Morgan fingerprint density at radius 2 is 1.94 bits per heavy atom. The summed E-state index contributed by atoms with van der Waals surface area (Å²) in [6.45, 7) is 6.26. The molecule has 2 heterocycles. The van der Waals surface area contributed by atoms with E-state index in [0.717, 1.165) is 32.1 Å². The van der Waals surface area contributed by atoms with Gasteiger partial charge in [-0.2, -0.15) is 0 Å². The van der Waals surface area contributed by atoms with Gasteiger partial charge >= 0.3 is 5.97 Å². The molecule has 4 aliphatic rings. The first-order chi connectivity index (χ1) is 8.27. The second-order valence-electron chi connectivity index (χ2n) is 7.27. The van der Waals surface area contributed by atoms with Gasteiger partial charge in [0, 0.05) is 6.54 Å². The van der Waals surface area contributed by atoms with Gasteiger partial charge in [0.05, 0.1) is 11.2 Å². The van der Waals surface area contributed by atoms with Crippen LogP contribution in [0.25, 0.3) is 0 Å². The van der Waals surface area contributed by atoms with E-state index < -0.39 is 11.0 Å². The Labute approximate surface area is 108 Å². The van der Waals surface area contributed by atoms with Crippen LogP contribution in [-0.2, 0) is 14.3 Å². The Kier molecular flexibility index (Phi) is 2.27. The fourth-order valence-corrected chi connectivity index (χ4v) is 3.93. The van der Waals surface area contributed by atoms with Crippen LogP contribution in [0.1, 0.15) is 52.9 Å². The molecule has 4 fully saturated rings. The van der Waals surface area contributed by atoms with Crippen LogP contribution in [-0.4, -0.2) is 29.3 Å². The van der Waals surface area contributed by atoms with Crippen molar-refractivity contribution in [3.63, 3.8) is 0 Å². The molecular weight excluding hydrogens is 230 g/mol. The number of carbonyl (C=O) groups excluding carboxylic acids is 1. The SMILES string of the molecule is CC(C)(C)OC(=O)C12CC(CN)(C1)OC21CCC1. The Balaban J connectivity index is 1.85. The molecule has 2 bridgehead atoms. The lowest BCUT2D eigenvalue weighted by Crippen LogP contribution is -2.59. The number of carbonyl (C=O) groups is 1. The third-order valence-corrected chi connectivity index (χ3v) is 4.85. The van der Waals surface area contributed by atoms with Gasteiger partial charge in [0.2, 0.25) is 0 Å². The first-order valence-electron chi connectivity index (χ1n) is 6.90. The topological polar surface area (TPSA) is 61.5 Å². The summed E-state index contributed by atoms with van der Waals surface area (Å²) in [7, 11) is 0. The lowest BCUT2D eigenvalue weighted by atomic mass is 9.51. The zero-order valence-electron chi connectivity index (χ0n) is 11.5. The minimum absolute atomic E-state index is 0.0729. The van der Waals surface area contributed by atoms with Crippen molar-refractivity contribution in [3.8, 4) is 0 Å². The normalized spacial score (nSPS) is 40.2. The van der Waals surface area contributed by atoms with Crippen molar-refractivity contribution in [1.29, 1.82) is 0 Å². The van der Waals surface area contributed by atoms with E-state index in [9.17, 15) is 4.79 Å². The summed E-state index contributed by atoms with van der Waals surface area (Å²) in [5.41, 5.74) is 4.49. The molecule has 2 N–H and O–H groups in total. The third-order valence-electron chi connectivity index (χ3n) is 4.85. The zero-order chi connectivity index (χ0) is 13.2. The second kappa shape index (κ2) is 3.28. The minimum Gasteiger partial charge on any atom is -0.459 e. The van der Waals surface area contributed by atoms with Crippen LogP contribution in [0, 0.1) is 5.41 Å². The Bertz CT molecular complexity index is 386. The molecule has 0 radical (unpaired) electrons. The van der Waals surface area contributed by atoms with E-state index in [2.05, 4.69) is 0 Å². The second-order valence-corrected chi connectivity index (χ2v) is 7.27. The van der Waals surface area contributed by atoms with Crippen molar-refractivity contribution in [2.45, 2.75) is 69.7 Å². The van der Waals surface area contributed by atoms with Gasteiger partial charge in [0.1, 0.15) is 11.0 Å². The van der Waals surface area contributed by atoms with Gasteiger partial charge in [-0.1, -0.05) is 0 Å². The smallest absolute Gasteiger partial charge is 0.315 e. The van der Waals surface area contributed by atoms with E-state index in [0.29, 0.717) is 6.54 Å². The van der Waals surface area contributed by atoms with Gasteiger partial charge in [0.15, 0.2) is 0 Å². The van der Waals surface area contributed by atoms with E-state index in [4.69, 9.17) is 15.2 Å². The highest BCUT2D eigenvalue weighted by molar-refractivity contribution is 5.82. The van der Waals surface area contributed by atoms with Gasteiger partial charge < -0.3 is 15.2 Å². The summed E-state index contributed by atoms with van der Waals surface area (Å²) in [4.78, 5) is 12.5. The Hall–Kier alpha value is -0.610. The van der Waals surface area contributed by atoms with Crippen LogP contribution in [0.5, 0.6) is 0 Å². The molecule has 0 atom stereocenters. The van der Waals surface area contributed by atoms with E-state index in [1.54, 1.807) is 0 Å². The number of ether oxygens (including phenoxy) is 2. The minimum atomic E-state index is -0.430. The molecule has 4 rings (SSSR count). The Morgan fingerprint density at radius 3 is 2.33 bits per heavy atom. The fraction of sp³-hybridized carbons (Fsp3) is 0.929. The van der Waals surface area contributed by atoms with E-state index >= 15 is 0 Å². The third kappa shape index (κ3) is 1.36. The fourth-order valence-electron chi connectivity index (χ4n) is 3.93. The van der Waals surface area contributed by atoms with E-state index in [1.165, 1.54) is 0 Å². The predicted octanol–water partition coefficient (Wildman–Crippen LogP) is 1.76. The molecule has 4 nitrogen and oxygen atoms in total. The molecule has 2 aliphatic carbocycles. The van der Waals surface area contributed by atoms with E-state index in [1.807, 2.05) is 20.8 Å². The number of hydrogen-bond acceptors (Lipinski definition) is 4. The van der Waals surface area contributed by atoms with Crippen LogP contribution in [0.4, 0.5) is 0 Å². The lowest BCUT2D eigenvalue weighted by molar-refractivity contribution is -0.181. The summed E-state index contributed by atoms with van der Waals surface area (Å²) in [6, 6.07) is 0. The van der Waals surface area contributed by atoms with Crippen molar-refractivity contribution < 1.29 is 14.3 Å². The van der Waals surface area contributed by atoms with Crippen LogP contribution < -0.4 is 5.73 Å². The average molecular weight is 253 g/mol. The van der Waals surface area contributed by atoms with Crippen molar-refractivity contribution >= 4 is 5.97 Å². The van der Waals surface area contributed by atoms with Gasteiger partial charge in [-0.05, 0) is 52.9 Å². The molecule has 0 aromatic carbocycles. The van der Waals surface area contributed by atoms with Crippen molar-refractivity contribution in [3.05, 3.63) is 0 Å². The molecule has 1 spiro atoms. The van der Waals surface area contributed by atoms with Crippen molar-refractivity contribution in [1.82, 2.24) is 0 Å². The van der Waals surface area contributed by atoms with Crippen molar-refractivity contribution in [2.75, 3.05) is 6.54 Å². The van der Waals surface area contributed by atoms with Crippen LogP contribution in [0.3, 0.4) is 0 Å². The number of hydrogen-bond donors (Lipinski definition) is 1. The molecule has 4 heteroatoms. The molecule has 0 aromatic rings. The summed E-state index contributed by atoms with van der Waals surface area (Å²) in [5, 5.41) is 0. The molecule has 2 aliphatic heterocycles. The molecular formula is C14H23NO3. The Morgan fingerprint density at radius 1 is 1.33 bits per heavy atom. The average Bonchev–Trinajstić information content (AvgIpc) is 2.59. The summed E-state index contributed by atoms with van der Waals surface area (Å²) < 4.78 is 11.8. The number of nitrogens with two attached hydrogens (primary N) is 1. The molecule has 2 saturated heterocycles. The first-order valence-corrected chi connectivity index (χ1v) is 6.90. The standard InChI is InChI=1S/C14H23NO3/c1-11(2,3)17-10(16)13-7-12(8-13,9-15)18-14(13)5-4-6-14/h4-9,15H2,1-3H3. The van der Waals surface area contributed by atoms with Crippen LogP contribution in [0.15, 0.2) is 0 Å². The monoisotopic (exact) mass is 253 g/mol. The summed E-state index contributed by atoms with van der Waals surface area (Å²) in [6.07, 6.45) is 4.62. The predicted molar refractivity (Wildman–Crippen MR) is 67.0 cm³/mol. The number of rotatable bonds is 2. The molecule has 0 unspecified atom stereocenters. The molecule has 0 aromatic heterocycles. The maximum atomic E-state index is 12.5. The van der Waals surface area contributed by atoms with Crippen molar-refractivity contribution in [2.24, 2.45) is 11.1 Å². The maximum Gasteiger partial charge on any atom is 0.315 e. The van der Waals surface area contributed by atoms with E-state index in [-0.39, 0.29) is 17.2 Å². The van der Waals surface area contributed by atoms with Gasteiger partial charge in [-0.3, -0.25) is 4.79 Å². The number of esters is 1. The van der Waals surface area contributed by atoms with Gasteiger partial charge in [-0.15, -0.1) is 0 Å². The van der Waals surface area contributed by atoms with Crippen LogP contribution >= 0.6 is 0 Å². The summed E-state index contributed by atoms with van der Waals surface area (Å²) >= 11 is 0. The van der Waals surface area contributed by atoms with Gasteiger partial charge in [-0.25, -0.2) is 0 Å². The largest absolute Gasteiger partial charge is 0.459 e. The molecule has 2 saturated carbocycles. The highest BCUT2D eigenvalue weighted by Gasteiger charge is 2.79. The molecule has 102 valence electrons. The summed E-state index contributed by atoms with van der Waals surface area (Å²) in [5.74, 6) is -0.0729. The first kappa shape index (κ1) is 12.4. The lowest BCUT2D eigenvalue weighted by Gasteiger charge is -2.49. The zero-order valence-corrected chi connectivity index (χ0v) is 11.5. The maximum absolute atomic E-state index is 12.5. The van der Waals surface area contributed by atoms with Crippen LogP contribution in [0.2, 0.25) is 0 Å². The molecule has 18 heavy (non-hydrogen) atoms. The highest BCUT2D eigenvalue weighted by atomic mass is 16.6. The quantitative estimate of drug-likeness (QED) is 0.762. The molecule has 0 amide bonds. The highest BCUT2D eigenvalue weighted by Crippen LogP contribution is 2.72. The van der Waals surface area contributed by atoms with Gasteiger partial charge in [0.25, 0.3) is 0 Å².